The van der Waals surface area contributed by atoms with E-state index >= 15 is 0 Å². The van der Waals surface area contributed by atoms with Gasteiger partial charge in [-0.2, -0.15) is 0 Å². The van der Waals surface area contributed by atoms with Crippen molar-refractivity contribution in [2.75, 3.05) is 47.8 Å². The molecule has 12 aromatic rings. The van der Waals surface area contributed by atoms with Crippen molar-refractivity contribution in [1.29, 1.82) is 0 Å². The van der Waals surface area contributed by atoms with E-state index in [9.17, 15) is 38.4 Å². The number of nitrogens with zero attached hydrogens (tertiary/aromatic N) is 16. The second-order valence-corrected chi connectivity index (χ2v) is 33.9. The van der Waals surface area contributed by atoms with Gasteiger partial charge in [0, 0.05) is 78.7 Å². The number of likely N-dealkylation sites (N-methyl/N-ethyl adjacent to an activating group) is 4. The lowest BCUT2D eigenvalue weighted by molar-refractivity contribution is -0.121. The monoisotopic (exact) mass is 1640 g/mol. The van der Waals surface area contributed by atoms with Crippen LogP contribution in [0.1, 0.15) is 153 Å². The first-order valence-electron chi connectivity index (χ1n) is 38.1. The maximum absolute atomic E-state index is 13.0. The van der Waals surface area contributed by atoms with Crippen LogP contribution in [0.15, 0.2) is 195 Å². The van der Waals surface area contributed by atoms with Crippen LogP contribution < -0.4 is 41.3 Å². The summed E-state index contributed by atoms with van der Waals surface area (Å²) in [5.74, 6) is 2.12. The van der Waals surface area contributed by atoms with E-state index in [-0.39, 0.29) is 103 Å². The van der Waals surface area contributed by atoms with Gasteiger partial charge in [0.2, 0.25) is 25.9 Å². The number of carbonyl (C=O) groups excluding carboxylic acids is 7. The first kappa shape index (κ1) is 78.3. The van der Waals surface area contributed by atoms with Gasteiger partial charge in [-0.1, -0.05) is 191 Å². The SMILES string of the molecule is CN1C(=O)[C@@H](N)C2C[C@H]2c2cccnc21.CN1C(=O)[C@@H](NC(=O)c2nnc(Cc3ccccc3)s2)C2C[C@H]2c2cccnc21.CN1C(=O)[C@@H](NC(=O)c2nnc(Cc3ccccc3)s2)[C@H]2C[C@H]2c2cccnc21.CN1C(=O)[C@H](NC(=O)c2nnc(Cc3ccccc3)s2)[C@@H]2C[C@@H]2c2cccnc21.O=C(O)c1nnc(Cc2ccccc2)s1. The number of benzene rings is 4. The number of amides is 7. The lowest BCUT2D eigenvalue weighted by atomic mass is 10.1. The van der Waals surface area contributed by atoms with Gasteiger partial charge in [0.05, 0.1) is 6.04 Å². The number of nitrogens with two attached hydrogens (primary N) is 1. The predicted molar refractivity (Wildman–Crippen MR) is 439 cm³/mol. The Labute approximate surface area is 687 Å². The first-order chi connectivity index (χ1) is 56.8. The molecule has 4 saturated carbocycles. The van der Waals surface area contributed by atoms with Crippen LogP contribution in [-0.4, -0.2) is 166 Å². The quantitative estimate of drug-likeness (QED) is 0.0637. The Morgan fingerprint density at radius 1 is 0.350 bits per heavy atom. The molecule has 8 aromatic heterocycles. The van der Waals surface area contributed by atoms with E-state index in [0.29, 0.717) is 55.0 Å². The minimum absolute atomic E-state index is 0.0139. The fourth-order valence-electron chi connectivity index (χ4n) is 15.6. The molecule has 4 fully saturated rings. The number of rotatable bonds is 15. The third-order valence-corrected chi connectivity index (χ3v) is 25.6. The molecular weight excluding hydrogens is 1560 g/mol. The van der Waals surface area contributed by atoms with E-state index in [1.807, 2.05) is 164 Å². The van der Waals surface area contributed by atoms with Crippen molar-refractivity contribution in [3.05, 3.63) is 279 Å². The highest BCUT2D eigenvalue weighted by molar-refractivity contribution is 7.14. The molecule has 0 spiro atoms. The van der Waals surface area contributed by atoms with Crippen LogP contribution in [0.5, 0.6) is 0 Å². The van der Waals surface area contributed by atoms with Gasteiger partial charge in [0.15, 0.2) is 0 Å². The van der Waals surface area contributed by atoms with Crippen LogP contribution >= 0.6 is 45.3 Å². The van der Waals surface area contributed by atoms with Crippen molar-refractivity contribution in [1.82, 2.24) is 76.7 Å². The summed E-state index contributed by atoms with van der Waals surface area (Å²) in [6.07, 6.45) is 12.9. The smallest absolute Gasteiger partial charge is 0.367 e. The number of nitrogens with one attached hydrogen (secondary N) is 3. The summed E-state index contributed by atoms with van der Waals surface area (Å²) in [5, 5.41) is 53.3. The number of carboxylic acid groups (broad SMARTS) is 1. The first-order valence-corrected chi connectivity index (χ1v) is 41.3. The number of anilines is 4. The second kappa shape index (κ2) is 34.1. The molecule has 12 heterocycles. The standard InChI is InChI=1S/3C21H19N5O2S.C11H13N3O.C10H8N2O2S/c3*1-26-18-13(8-5-9-22-18)14-11-15(14)17(21(26)28)23-19(27)20-25-24-16(29-20)10-12-6-3-2-4-7-12;1-14-10-6(3-2-4-13-10)7-5-8(7)9(12)11(14)15;13-10(14)9-12-11-8(15-9)6-7-4-2-1-3-5-7/h3*2-9,14-15,17H,10-11H2,1H3,(H,23,27);2-4,7-9H,5,12H2,1H3;1-5H,6H2,(H,13,14)/t14-,15?,17-;2*14-,15-,17-;7-,8?,9-;/m0100./s1. The van der Waals surface area contributed by atoms with Crippen LogP contribution in [0.25, 0.3) is 0 Å². The zero-order valence-corrected chi connectivity index (χ0v) is 66.9. The van der Waals surface area contributed by atoms with E-state index in [4.69, 9.17) is 10.8 Å². The Balaban J connectivity index is 0.000000112. The van der Waals surface area contributed by atoms with Crippen molar-refractivity contribution in [3.8, 4) is 0 Å². The van der Waals surface area contributed by atoms with E-state index in [1.54, 1.807) is 72.6 Å². The lowest BCUT2D eigenvalue weighted by Crippen LogP contribution is -2.48. The molecule has 29 nitrogen and oxygen atoms in total. The van der Waals surface area contributed by atoms with Gasteiger partial charge >= 0.3 is 5.97 Å². The summed E-state index contributed by atoms with van der Waals surface area (Å²) in [6.45, 7) is 0. The summed E-state index contributed by atoms with van der Waals surface area (Å²) in [5.41, 5.74) is 14.8. The van der Waals surface area contributed by atoms with Gasteiger partial charge < -0.3 is 26.8 Å². The Morgan fingerprint density at radius 2 is 0.598 bits per heavy atom. The van der Waals surface area contributed by atoms with E-state index < -0.39 is 24.1 Å². The van der Waals surface area contributed by atoms with Crippen molar-refractivity contribution in [2.24, 2.45) is 29.4 Å². The van der Waals surface area contributed by atoms with Crippen molar-refractivity contribution >= 4 is 116 Å². The zero-order chi connectivity index (χ0) is 81.1. The molecule has 117 heavy (non-hydrogen) atoms. The molecule has 20 rings (SSSR count). The topological polar surface area (TPSA) is 387 Å². The van der Waals surface area contributed by atoms with Gasteiger partial charge in [-0.05, 0) is 142 Å². The molecule has 2 unspecified atom stereocenters. The largest absolute Gasteiger partial charge is 0.476 e. The summed E-state index contributed by atoms with van der Waals surface area (Å²) >= 11 is 4.90. The highest BCUT2D eigenvalue weighted by Crippen LogP contribution is 2.57. The van der Waals surface area contributed by atoms with Crippen LogP contribution in [0.3, 0.4) is 0 Å². The van der Waals surface area contributed by atoms with Crippen LogP contribution in [0.4, 0.5) is 23.3 Å². The number of carbonyl (C=O) groups is 8. The Hall–Kier alpha value is -12.6. The van der Waals surface area contributed by atoms with E-state index in [2.05, 4.69) is 82.7 Å². The average Bonchev–Trinajstić information content (AvgIpc) is 1.61. The molecule has 592 valence electrons. The zero-order valence-electron chi connectivity index (χ0n) is 63.6. The molecular formula is C84H78N20O9S4. The van der Waals surface area contributed by atoms with Gasteiger partial charge in [-0.15, -0.1) is 40.8 Å². The van der Waals surface area contributed by atoms with E-state index in [1.165, 1.54) is 39.6 Å². The molecule has 7 amide bonds. The van der Waals surface area contributed by atoms with Crippen molar-refractivity contribution in [2.45, 2.75) is 99.2 Å². The van der Waals surface area contributed by atoms with Crippen molar-refractivity contribution in [3.63, 3.8) is 0 Å². The fourth-order valence-corrected chi connectivity index (χ4v) is 18.6. The summed E-state index contributed by atoms with van der Waals surface area (Å²) in [4.78, 5) is 123. The molecule has 4 aromatic carbocycles. The molecule has 0 saturated heterocycles. The molecule has 12 atom stereocenters. The molecule has 6 N–H and O–H groups in total. The molecule has 4 aliphatic heterocycles. The van der Waals surface area contributed by atoms with Crippen LogP contribution in [0, 0.1) is 23.7 Å². The second-order valence-electron chi connectivity index (χ2n) is 29.6. The number of fused-ring (bicyclic) bond motifs is 12. The molecule has 0 bridgehead atoms. The Morgan fingerprint density at radius 3 is 0.872 bits per heavy atom. The summed E-state index contributed by atoms with van der Waals surface area (Å²) in [7, 11) is 6.88. The van der Waals surface area contributed by atoms with Crippen LogP contribution in [0.2, 0.25) is 0 Å². The minimum atomic E-state index is -1.02. The number of hydrogen-bond acceptors (Lipinski definition) is 25. The predicted octanol–water partition coefficient (Wildman–Crippen LogP) is 9.52. The van der Waals surface area contributed by atoms with Gasteiger partial charge in [0.25, 0.3) is 35.4 Å². The minimum Gasteiger partial charge on any atom is -0.476 e. The molecule has 33 heteroatoms. The van der Waals surface area contributed by atoms with Gasteiger partial charge in [0.1, 0.15) is 61.4 Å². The third kappa shape index (κ3) is 17.4. The lowest BCUT2D eigenvalue weighted by Gasteiger charge is -2.22. The third-order valence-electron chi connectivity index (χ3n) is 21.9. The highest BCUT2D eigenvalue weighted by atomic mass is 32.1. The highest BCUT2D eigenvalue weighted by Gasteiger charge is 2.56. The average molecular weight is 1640 g/mol. The number of aromatic nitrogens is 12. The Kier molecular flexibility index (Phi) is 22.8. The van der Waals surface area contributed by atoms with Gasteiger partial charge in [-0.25, -0.2) is 24.7 Å². The van der Waals surface area contributed by atoms with Gasteiger partial charge in [-0.3, -0.25) is 53.2 Å². The maximum atomic E-state index is 13.0. The molecule has 4 aliphatic carbocycles. The normalized spacial score (nSPS) is 22.2. The summed E-state index contributed by atoms with van der Waals surface area (Å²) in [6, 6.07) is 53.2. The Bertz CT molecular complexity index is 5290. The number of carboxylic acids is 1. The number of hydrogen-bond donors (Lipinski definition) is 5. The maximum Gasteiger partial charge on any atom is 0.367 e. The fraction of sp³-hybridized carbons (Fsp3) is 0.286. The van der Waals surface area contributed by atoms with E-state index in [0.717, 1.165) is 102 Å². The van der Waals surface area contributed by atoms with Crippen molar-refractivity contribution < 1.29 is 43.5 Å². The van der Waals surface area contributed by atoms with Crippen LogP contribution in [-0.2, 0) is 44.9 Å². The molecule has 8 aliphatic rings. The number of aromatic carboxylic acids is 1. The number of pyridine rings is 4. The summed E-state index contributed by atoms with van der Waals surface area (Å²) < 4.78 is 0. The molecule has 0 radical (unpaired) electrons.